The lowest BCUT2D eigenvalue weighted by Crippen LogP contribution is -2.48. The van der Waals surface area contributed by atoms with Gasteiger partial charge >= 0.3 is 6.03 Å². The molecule has 6 heteroatoms. The lowest BCUT2D eigenvalue weighted by molar-refractivity contribution is 0.126. The molecule has 156 valence electrons. The van der Waals surface area contributed by atoms with E-state index in [1.54, 1.807) is 13.2 Å². The fourth-order valence-corrected chi connectivity index (χ4v) is 3.93. The van der Waals surface area contributed by atoms with Crippen molar-refractivity contribution in [1.29, 1.82) is 0 Å². The molecule has 0 saturated carbocycles. The number of benzene rings is 2. The number of likely N-dealkylation sites (tertiary alicyclic amines) is 1. The van der Waals surface area contributed by atoms with Crippen LogP contribution in [0.5, 0.6) is 5.75 Å². The van der Waals surface area contributed by atoms with Gasteiger partial charge in [0.25, 0.3) is 0 Å². The highest BCUT2D eigenvalue weighted by Gasteiger charge is 2.28. The van der Waals surface area contributed by atoms with Gasteiger partial charge in [-0.15, -0.1) is 0 Å². The van der Waals surface area contributed by atoms with Crippen LogP contribution in [0.15, 0.2) is 42.5 Å². The van der Waals surface area contributed by atoms with Crippen LogP contribution in [0.3, 0.4) is 0 Å². The van der Waals surface area contributed by atoms with Crippen molar-refractivity contribution in [2.24, 2.45) is 0 Å². The van der Waals surface area contributed by atoms with E-state index in [9.17, 15) is 4.79 Å². The minimum atomic E-state index is -0.0947. The Hall–Kier alpha value is -2.24. The molecular weight excluding hydrogens is 386 g/mol. The van der Waals surface area contributed by atoms with Crippen LogP contribution in [0.25, 0.3) is 0 Å². The third-order valence-electron chi connectivity index (χ3n) is 5.62. The van der Waals surface area contributed by atoms with Crippen molar-refractivity contribution >= 4 is 23.3 Å². The minimum Gasteiger partial charge on any atom is -0.497 e. The van der Waals surface area contributed by atoms with E-state index in [0.717, 1.165) is 49.4 Å². The summed E-state index contributed by atoms with van der Waals surface area (Å²) in [7, 11) is 1.66. The second kappa shape index (κ2) is 9.99. The molecule has 1 saturated heterocycles. The topological polar surface area (TPSA) is 44.8 Å². The number of nitrogens with one attached hydrogen (secondary N) is 1. The Bertz CT molecular complexity index is 835. The zero-order valence-electron chi connectivity index (χ0n) is 17.5. The maximum atomic E-state index is 13.2. The van der Waals surface area contributed by atoms with Crippen LogP contribution in [0, 0.1) is 6.92 Å². The molecule has 0 aliphatic carbocycles. The monoisotopic (exact) mass is 415 g/mol. The van der Waals surface area contributed by atoms with Gasteiger partial charge in [0.1, 0.15) is 5.75 Å². The van der Waals surface area contributed by atoms with E-state index < -0.39 is 0 Å². The van der Waals surface area contributed by atoms with Gasteiger partial charge in [0.05, 0.1) is 7.11 Å². The van der Waals surface area contributed by atoms with Crippen LogP contribution < -0.4 is 10.1 Å². The van der Waals surface area contributed by atoms with Crippen LogP contribution in [0.1, 0.15) is 30.9 Å². The van der Waals surface area contributed by atoms with Gasteiger partial charge < -0.3 is 19.9 Å². The normalized spacial score (nSPS) is 15.2. The molecule has 1 aliphatic rings. The first-order chi connectivity index (χ1) is 14.0. The molecule has 0 aromatic heterocycles. The summed E-state index contributed by atoms with van der Waals surface area (Å²) in [6.07, 6.45) is 1.94. The van der Waals surface area contributed by atoms with Gasteiger partial charge in [-0.05, 0) is 61.7 Å². The van der Waals surface area contributed by atoms with Crippen LogP contribution in [0.2, 0.25) is 5.02 Å². The summed E-state index contributed by atoms with van der Waals surface area (Å²) in [4.78, 5) is 17.6. The Labute approximate surface area is 178 Å². The average Bonchev–Trinajstić information content (AvgIpc) is 2.75. The average molecular weight is 416 g/mol. The quantitative estimate of drug-likeness (QED) is 0.707. The van der Waals surface area contributed by atoms with Gasteiger partial charge in [0.15, 0.2) is 0 Å². The summed E-state index contributed by atoms with van der Waals surface area (Å²) >= 11 is 6.24. The minimum absolute atomic E-state index is 0.0947. The fraction of sp³-hybridized carbons (Fsp3) is 0.435. The molecule has 29 heavy (non-hydrogen) atoms. The van der Waals surface area contributed by atoms with Crippen molar-refractivity contribution in [3.05, 3.63) is 58.6 Å². The van der Waals surface area contributed by atoms with Crippen molar-refractivity contribution in [2.75, 3.05) is 32.1 Å². The number of anilines is 1. The SMILES string of the molecule is CCN1CCC(N(Cc2cccc(OC)c2)C(=O)Nc2ccc(C)c(Cl)c2)CC1. The Morgan fingerprint density at radius 1 is 1.24 bits per heavy atom. The number of methoxy groups -OCH3 is 1. The maximum absolute atomic E-state index is 13.2. The number of ether oxygens (including phenoxy) is 1. The summed E-state index contributed by atoms with van der Waals surface area (Å²) in [6, 6.07) is 13.6. The number of carbonyl (C=O) groups is 1. The number of rotatable bonds is 6. The van der Waals surface area contributed by atoms with E-state index in [2.05, 4.69) is 17.1 Å². The largest absolute Gasteiger partial charge is 0.497 e. The van der Waals surface area contributed by atoms with E-state index in [4.69, 9.17) is 16.3 Å². The highest BCUT2D eigenvalue weighted by Crippen LogP contribution is 2.24. The van der Waals surface area contributed by atoms with Gasteiger partial charge in [-0.25, -0.2) is 4.79 Å². The van der Waals surface area contributed by atoms with E-state index >= 15 is 0 Å². The van der Waals surface area contributed by atoms with Crippen molar-refractivity contribution < 1.29 is 9.53 Å². The lowest BCUT2D eigenvalue weighted by atomic mass is 10.0. The van der Waals surface area contributed by atoms with Crippen molar-refractivity contribution in [3.8, 4) is 5.75 Å². The lowest BCUT2D eigenvalue weighted by Gasteiger charge is -2.38. The van der Waals surface area contributed by atoms with Crippen molar-refractivity contribution in [1.82, 2.24) is 9.80 Å². The molecular formula is C23H30ClN3O2. The zero-order valence-corrected chi connectivity index (χ0v) is 18.2. The number of carbonyl (C=O) groups excluding carboxylic acids is 1. The Balaban J connectivity index is 1.79. The summed E-state index contributed by atoms with van der Waals surface area (Å²) in [5.41, 5.74) is 2.76. The number of nitrogens with zero attached hydrogens (tertiary/aromatic N) is 2. The first-order valence-electron chi connectivity index (χ1n) is 10.2. The third-order valence-corrected chi connectivity index (χ3v) is 6.02. The molecule has 0 atom stereocenters. The first kappa shape index (κ1) is 21.5. The third kappa shape index (κ3) is 5.64. The number of amides is 2. The summed E-state index contributed by atoms with van der Waals surface area (Å²) in [5, 5.41) is 3.69. The number of hydrogen-bond donors (Lipinski definition) is 1. The van der Waals surface area contributed by atoms with Gasteiger partial charge in [0.2, 0.25) is 0 Å². The van der Waals surface area contributed by atoms with E-state index in [0.29, 0.717) is 17.3 Å². The van der Waals surface area contributed by atoms with Gasteiger partial charge in [0, 0.05) is 36.4 Å². The smallest absolute Gasteiger partial charge is 0.322 e. The van der Waals surface area contributed by atoms with Crippen LogP contribution >= 0.6 is 11.6 Å². The second-order valence-corrected chi connectivity index (χ2v) is 7.95. The number of hydrogen-bond acceptors (Lipinski definition) is 3. The molecule has 1 heterocycles. The molecule has 0 unspecified atom stereocenters. The first-order valence-corrected chi connectivity index (χ1v) is 10.6. The predicted molar refractivity (Wildman–Crippen MR) is 119 cm³/mol. The van der Waals surface area contributed by atoms with Crippen molar-refractivity contribution in [2.45, 2.75) is 39.3 Å². The maximum Gasteiger partial charge on any atom is 0.322 e. The summed E-state index contributed by atoms with van der Waals surface area (Å²) in [6.45, 7) is 7.75. The summed E-state index contributed by atoms with van der Waals surface area (Å²) in [5.74, 6) is 0.800. The Morgan fingerprint density at radius 3 is 2.66 bits per heavy atom. The highest BCUT2D eigenvalue weighted by atomic mass is 35.5. The van der Waals surface area contributed by atoms with E-state index in [1.165, 1.54) is 0 Å². The van der Waals surface area contributed by atoms with Gasteiger partial charge in [-0.1, -0.05) is 36.7 Å². The standard InChI is InChI=1S/C23H30ClN3O2/c1-4-26-12-10-20(11-13-26)27(16-18-6-5-7-21(14-18)29-3)23(28)25-19-9-8-17(2)22(24)15-19/h5-9,14-15,20H,4,10-13,16H2,1-3H3,(H,25,28). The molecule has 0 spiro atoms. The Kier molecular flexibility index (Phi) is 7.40. The molecule has 3 rings (SSSR count). The van der Waals surface area contributed by atoms with Crippen LogP contribution in [0.4, 0.5) is 10.5 Å². The van der Waals surface area contributed by atoms with Gasteiger partial charge in [-0.2, -0.15) is 0 Å². The molecule has 0 radical (unpaired) electrons. The highest BCUT2D eigenvalue weighted by molar-refractivity contribution is 6.31. The molecule has 2 amide bonds. The van der Waals surface area contributed by atoms with E-state index in [-0.39, 0.29) is 12.1 Å². The second-order valence-electron chi connectivity index (χ2n) is 7.54. The van der Waals surface area contributed by atoms with Crippen molar-refractivity contribution in [3.63, 3.8) is 0 Å². The number of halogens is 1. The molecule has 1 fully saturated rings. The van der Waals surface area contributed by atoms with Crippen LogP contribution in [-0.2, 0) is 6.54 Å². The number of piperidine rings is 1. The summed E-state index contributed by atoms with van der Waals surface area (Å²) < 4.78 is 5.35. The molecule has 2 aromatic carbocycles. The van der Waals surface area contributed by atoms with Gasteiger partial charge in [-0.3, -0.25) is 0 Å². The van der Waals surface area contributed by atoms with Crippen LogP contribution in [-0.4, -0.2) is 48.6 Å². The number of aryl methyl sites for hydroxylation is 1. The fourth-order valence-electron chi connectivity index (χ4n) is 3.75. The Morgan fingerprint density at radius 2 is 2.00 bits per heavy atom. The zero-order chi connectivity index (χ0) is 20.8. The number of urea groups is 1. The molecule has 2 aromatic rings. The molecule has 1 N–H and O–H groups in total. The molecule has 0 bridgehead atoms. The predicted octanol–water partition coefficient (Wildman–Crippen LogP) is 5.18. The molecule has 5 nitrogen and oxygen atoms in total. The molecule has 1 aliphatic heterocycles. The van der Waals surface area contributed by atoms with E-state index in [1.807, 2.05) is 48.2 Å².